The van der Waals surface area contributed by atoms with Crippen LogP contribution in [0.3, 0.4) is 0 Å². The first-order chi connectivity index (χ1) is 11.2. The number of rotatable bonds is 5. The SMILES string of the molecule is COc1ccccc1N1CC[C@H](CNC(=O)[C@H]2CC[C@H](N)C2)C1. The number of carbonyl (C=O) groups excluding carboxylic acids is 1. The number of nitrogens with two attached hydrogens (primary N) is 1. The molecule has 1 aromatic carbocycles. The van der Waals surface area contributed by atoms with Crippen molar-refractivity contribution in [3.05, 3.63) is 24.3 Å². The van der Waals surface area contributed by atoms with E-state index in [4.69, 9.17) is 10.5 Å². The highest BCUT2D eigenvalue weighted by Crippen LogP contribution is 2.32. The molecular weight excluding hydrogens is 290 g/mol. The largest absolute Gasteiger partial charge is 0.495 e. The van der Waals surface area contributed by atoms with Crippen molar-refractivity contribution < 1.29 is 9.53 Å². The van der Waals surface area contributed by atoms with E-state index < -0.39 is 0 Å². The fourth-order valence-corrected chi connectivity index (χ4v) is 3.75. The zero-order valence-electron chi connectivity index (χ0n) is 13.8. The third-order valence-corrected chi connectivity index (χ3v) is 5.12. The Hall–Kier alpha value is -1.75. The molecule has 0 aromatic heterocycles. The first-order valence-corrected chi connectivity index (χ1v) is 8.58. The lowest BCUT2D eigenvalue weighted by atomic mass is 10.1. The van der Waals surface area contributed by atoms with Crippen molar-refractivity contribution in [1.82, 2.24) is 5.32 Å². The van der Waals surface area contributed by atoms with Crippen LogP contribution in [0.2, 0.25) is 0 Å². The molecule has 126 valence electrons. The van der Waals surface area contributed by atoms with Crippen LogP contribution < -0.4 is 20.7 Å². The van der Waals surface area contributed by atoms with Crippen LogP contribution in [0.4, 0.5) is 5.69 Å². The van der Waals surface area contributed by atoms with Gasteiger partial charge in [-0.15, -0.1) is 0 Å². The van der Waals surface area contributed by atoms with Crippen molar-refractivity contribution in [1.29, 1.82) is 0 Å². The summed E-state index contributed by atoms with van der Waals surface area (Å²) >= 11 is 0. The Kier molecular flexibility index (Phi) is 5.06. The minimum Gasteiger partial charge on any atom is -0.495 e. The van der Waals surface area contributed by atoms with Crippen LogP contribution in [0, 0.1) is 11.8 Å². The van der Waals surface area contributed by atoms with E-state index in [0.717, 1.165) is 56.8 Å². The van der Waals surface area contributed by atoms with E-state index >= 15 is 0 Å². The second kappa shape index (κ2) is 7.21. The highest BCUT2D eigenvalue weighted by molar-refractivity contribution is 5.79. The quantitative estimate of drug-likeness (QED) is 0.868. The molecule has 1 aromatic rings. The number of methoxy groups -OCH3 is 1. The summed E-state index contributed by atoms with van der Waals surface area (Å²) in [6, 6.07) is 8.32. The number of benzene rings is 1. The van der Waals surface area contributed by atoms with E-state index in [2.05, 4.69) is 16.3 Å². The van der Waals surface area contributed by atoms with Crippen molar-refractivity contribution in [2.45, 2.75) is 31.7 Å². The van der Waals surface area contributed by atoms with E-state index in [1.165, 1.54) is 0 Å². The topological polar surface area (TPSA) is 67.6 Å². The fourth-order valence-electron chi connectivity index (χ4n) is 3.75. The number of anilines is 1. The summed E-state index contributed by atoms with van der Waals surface area (Å²) in [5, 5.41) is 3.14. The molecule has 0 radical (unpaired) electrons. The minimum atomic E-state index is 0.122. The molecule has 3 N–H and O–H groups in total. The molecule has 1 amide bonds. The maximum Gasteiger partial charge on any atom is 0.223 e. The highest BCUT2D eigenvalue weighted by Gasteiger charge is 2.29. The molecule has 3 atom stereocenters. The molecule has 3 rings (SSSR count). The third kappa shape index (κ3) is 3.78. The average Bonchev–Trinajstić information content (AvgIpc) is 3.21. The summed E-state index contributed by atoms with van der Waals surface area (Å²) in [6.45, 7) is 2.73. The normalized spacial score (nSPS) is 27.2. The standard InChI is InChI=1S/C18H27N3O2/c1-23-17-5-3-2-4-16(17)21-9-8-13(12-21)11-20-18(22)14-6-7-15(19)10-14/h2-5,13-15H,6-12,19H2,1H3,(H,20,22)/t13-,14+,15+/m1/s1. The highest BCUT2D eigenvalue weighted by atomic mass is 16.5. The van der Waals surface area contributed by atoms with Crippen molar-refractivity contribution in [3.63, 3.8) is 0 Å². The smallest absolute Gasteiger partial charge is 0.223 e. The molecule has 5 nitrogen and oxygen atoms in total. The van der Waals surface area contributed by atoms with E-state index in [-0.39, 0.29) is 17.9 Å². The number of hydrogen-bond acceptors (Lipinski definition) is 4. The second-order valence-corrected chi connectivity index (χ2v) is 6.79. The third-order valence-electron chi connectivity index (χ3n) is 5.12. The lowest BCUT2D eigenvalue weighted by Gasteiger charge is -2.21. The van der Waals surface area contributed by atoms with Gasteiger partial charge >= 0.3 is 0 Å². The molecule has 2 aliphatic rings. The number of carbonyl (C=O) groups is 1. The van der Waals surface area contributed by atoms with Crippen LogP contribution in [-0.4, -0.2) is 38.7 Å². The van der Waals surface area contributed by atoms with Crippen LogP contribution in [-0.2, 0) is 4.79 Å². The van der Waals surface area contributed by atoms with Gasteiger partial charge in [-0.2, -0.15) is 0 Å². The van der Waals surface area contributed by atoms with Gasteiger partial charge in [0.05, 0.1) is 12.8 Å². The molecule has 0 bridgehead atoms. The van der Waals surface area contributed by atoms with Crippen LogP contribution in [0.15, 0.2) is 24.3 Å². The minimum absolute atomic E-state index is 0.122. The van der Waals surface area contributed by atoms with Crippen molar-refractivity contribution in [3.8, 4) is 5.75 Å². The van der Waals surface area contributed by atoms with Gasteiger partial charge in [0.15, 0.2) is 0 Å². The van der Waals surface area contributed by atoms with E-state index in [9.17, 15) is 4.79 Å². The molecular formula is C18H27N3O2. The molecule has 2 fully saturated rings. The summed E-state index contributed by atoms with van der Waals surface area (Å²) in [5.41, 5.74) is 7.04. The summed E-state index contributed by atoms with van der Waals surface area (Å²) in [6.07, 6.45) is 3.85. The van der Waals surface area contributed by atoms with Crippen LogP contribution in [0.1, 0.15) is 25.7 Å². The molecule has 1 heterocycles. The van der Waals surface area contributed by atoms with Crippen molar-refractivity contribution in [2.75, 3.05) is 31.6 Å². The Morgan fingerprint density at radius 3 is 2.91 bits per heavy atom. The first kappa shape index (κ1) is 16.1. The van der Waals surface area contributed by atoms with E-state index in [1.807, 2.05) is 18.2 Å². The lowest BCUT2D eigenvalue weighted by molar-refractivity contribution is -0.125. The fraction of sp³-hybridized carbons (Fsp3) is 0.611. The van der Waals surface area contributed by atoms with Gasteiger partial charge < -0.3 is 20.7 Å². The van der Waals surface area contributed by atoms with E-state index in [0.29, 0.717) is 5.92 Å². The van der Waals surface area contributed by atoms with Crippen LogP contribution in [0.5, 0.6) is 5.75 Å². The molecule has 1 saturated heterocycles. The summed E-state index contributed by atoms with van der Waals surface area (Å²) in [7, 11) is 1.71. The Bertz CT molecular complexity index is 549. The number of ether oxygens (including phenoxy) is 1. The summed E-state index contributed by atoms with van der Waals surface area (Å²) in [4.78, 5) is 14.5. The van der Waals surface area contributed by atoms with Crippen molar-refractivity contribution >= 4 is 11.6 Å². The van der Waals surface area contributed by atoms with Gasteiger partial charge in [-0.25, -0.2) is 0 Å². The van der Waals surface area contributed by atoms with Crippen LogP contribution >= 0.6 is 0 Å². The molecule has 0 unspecified atom stereocenters. The molecule has 23 heavy (non-hydrogen) atoms. The van der Waals surface area contributed by atoms with Crippen molar-refractivity contribution in [2.24, 2.45) is 17.6 Å². The van der Waals surface area contributed by atoms with Gasteiger partial charge in [-0.3, -0.25) is 4.79 Å². The number of hydrogen-bond donors (Lipinski definition) is 2. The molecule has 1 saturated carbocycles. The van der Waals surface area contributed by atoms with Crippen LogP contribution in [0.25, 0.3) is 0 Å². The van der Waals surface area contributed by atoms with Gasteiger partial charge in [-0.05, 0) is 43.7 Å². The average molecular weight is 317 g/mol. The predicted octanol–water partition coefficient (Wildman–Crippen LogP) is 1.77. The molecule has 1 aliphatic heterocycles. The lowest BCUT2D eigenvalue weighted by Crippen LogP contribution is -2.35. The number of amides is 1. The summed E-state index contributed by atoms with van der Waals surface area (Å²) in [5.74, 6) is 1.72. The number of para-hydroxylation sites is 2. The Morgan fingerprint density at radius 1 is 1.35 bits per heavy atom. The molecule has 0 spiro atoms. The molecule has 1 aliphatic carbocycles. The zero-order valence-corrected chi connectivity index (χ0v) is 13.8. The Balaban J connectivity index is 1.49. The first-order valence-electron chi connectivity index (χ1n) is 8.58. The van der Waals surface area contributed by atoms with Gasteiger partial charge in [0.1, 0.15) is 5.75 Å². The van der Waals surface area contributed by atoms with E-state index in [1.54, 1.807) is 7.11 Å². The van der Waals surface area contributed by atoms with Gasteiger partial charge in [0, 0.05) is 31.6 Å². The number of nitrogens with one attached hydrogen (secondary N) is 1. The second-order valence-electron chi connectivity index (χ2n) is 6.79. The maximum atomic E-state index is 12.2. The van der Waals surface area contributed by atoms with Gasteiger partial charge in [0.25, 0.3) is 0 Å². The monoisotopic (exact) mass is 317 g/mol. The predicted molar refractivity (Wildman–Crippen MR) is 91.6 cm³/mol. The molecule has 5 heteroatoms. The van der Waals surface area contributed by atoms with Gasteiger partial charge in [-0.1, -0.05) is 12.1 Å². The Labute approximate surface area is 138 Å². The zero-order chi connectivity index (χ0) is 16.2. The number of nitrogens with zero attached hydrogens (tertiary/aromatic N) is 1. The Morgan fingerprint density at radius 2 is 2.17 bits per heavy atom. The van der Waals surface area contributed by atoms with Gasteiger partial charge in [0.2, 0.25) is 5.91 Å². The summed E-state index contributed by atoms with van der Waals surface area (Å²) < 4.78 is 5.45. The maximum absolute atomic E-state index is 12.2.